The van der Waals surface area contributed by atoms with E-state index in [9.17, 15) is 4.79 Å². The zero-order chi connectivity index (χ0) is 14.0. The lowest BCUT2D eigenvalue weighted by molar-refractivity contribution is 0.102. The van der Waals surface area contributed by atoms with Gasteiger partial charge in [-0.2, -0.15) is 0 Å². The zero-order valence-corrected chi connectivity index (χ0v) is 13.2. The second-order valence-corrected chi connectivity index (χ2v) is 5.75. The highest BCUT2D eigenvalue weighted by Gasteiger charge is 2.12. The normalized spacial score (nSPS) is 10.3. The van der Waals surface area contributed by atoms with Crippen molar-refractivity contribution in [1.82, 2.24) is 4.98 Å². The number of amides is 1. The summed E-state index contributed by atoms with van der Waals surface area (Å²) in [6.07, 6.45) is 1.53. The van der Waals surface area contributed by atoms with Crippen LogP contribution in [-0.2, 0) is 0 Å². The molecule has 0 bridgehead atoms. The van der Waals surface area contributed by atoms with E-state index in [2.05, 4.69) is 42.2 Å². The molecule has 19 heavy (non-hydrogen) atoms. The molecular weight excluding hydrogens is 374 g/mol. The Bertz CT molecular complexity index is 644. The van der Waals surface area contributed by atoms with Crippen molar-refractivity contribution in [2.45, 2.75) is 6.92 Å². The summed E-state index contributed by atoms with van der Waals surface area (Å²) in [6.45, 7) is 1.77. The van der Waals surface area contributed by atoms with Gasteiger partial charge in [-0.25, -0.2) is 0 Å². The highest BCUT2D eigenvalue weighted by molar-refractivity contribution is 9.11. The Balaban J connectivity index is 2.28. The minimum Gasteiger partial charge on any atom is -0.397 e. The van der Waals surface area contributed by atoms with Crippen molar-refractivity contribution >= 4 is 49.1 Å². The molecule has 0 aliphatic heterocycles. The fraction of sp³-hybridized carbons (Fsp3) is 0.0769. The molecule has 0 saturated heterocycles. The molecule has 0 atom stereocenters. The number of nitrogen functional groups attached to an aromatic ring is 1. The molecule has 0 unspecified atom stereocenters. The van der Waals surface area contributed by atoms with Crippen molar-refractivity contribution in [3.05, 3.63) is 50.7 Å². The molecule has 4 nitrogen and oxygen atoms in total. The third kappa shape index (κ3) is 3.33. The lowest BCUT2D eigenvalue weighted by atomic mass is 10.1. The van der Waals surface area contributed by atoms with Crippen LogP contribution >= 0.6 is 31.9 Å². The largest absolute Gasteiger partial charge is 0.397 e. The van der Waals surface area contributed by atoms with E-state index < -0.39 is 0 Å². The molecular formula is C13H11Br2N3O. The fourth-order valence-electron chi connectivity index (χ4n) is 1.56. The predicted octanol–water partition coefficient (Wildman–Crippen LogP) is 3.75. The van der Waals surface area contributed by atoms with Crippen molar-refractivity contribution in [3.8, 4) is 0 Å². The number of nitrogens with one attached hydrogen (secondary N) is 1. The monoisotopic (exact) mass is 383 g/mol. The summed E-state index contributed by atoms with van der Waals surface area (Å²) in [4.78, 5) is 16.3. The maximum atomic E-state index is 12.2. The Morgan fingerprint density at radius 1 is 1.32 bits per heavy atom. The van der Waals surface area contributed by atoms with Gasteiger partial charge in [-0.15, -0.1) is 0 Å². The first-order valence-electron chi connectivity index (χ1n) is 5.46. The van der Waals surface area contributed by atoms with Gasteiger partial charge in [0.25, 0.3) is 5.91 Å². The second kappa shape index (κ2) is 5.71. The minimum absolute atomic E-state index is 0.236. The van der Waals surface area contributed by atoms with Gasteiger partial charge in [-0.1, -0.05) is 15.9 Å². The average Bonchev–Trinajstić information content (AvgIpc) is 2.35. The van der Waals surface area contributed by atoms with Crippen LogP contribution in [0.15, 0.2) is 39.4 Å². The number of halogens is 2. The summed E-state index contributed by atoms with van der Waals surface area (Å²) >= 11 is 6.76. The molecule has 0 radical (unpaired) electrons. The van der Waals surface area contributed by atoms with Crippen LogP contribution in [0.3, 0.4) is 0 Å². The maximum absolute atomic E-state index is 12.2. The lowest BCUT2D eigenvalue weighted by Gasteiger charge is -2.09. The predicted molar refractivity (Wildman–Crippen MR) is 83.2 cm³/mol. The zero-order valence-electron chi connectivity index (χ0n) is 10.1. The number of benzene rings is 1. The van der Waals surface area contributed by atoms with Crippen LogP contribution < -0.4 is 11.1 Å². The van der Waals surface area contributed by atoms with Crippen molar-refractivity contribution in [2.24, 2.45) is 0 Å². The third-order valence-corrected chi connectivity index (χ3v) is 3.68. The summed E-state index contributed by atoms with van der Waals surface area (Å²) in [5.41, 5.74) is 7.91. The summed E-state index contributed by atoms with van der Waals surface area (Å²) in [7, 11) is 0. The fourth-order valence-corrected chi connectivity index (χ4v) is 2.71. The van der Waals surface area contributed by atoms with Gasteiger partial charge in [0.05, 0.1) is 28.8 Å². The van der Waals surface area contributed by atoms with Crippen LogP contribution in [0.1, 0.15) is 16.1 Å². The Labute approximate surface area is 127 Å². The number of pyridine rings is 1. The number of rotatable bonds is 2. The van der Waals surface area contributed by atoms with Crippen LogP contribution in [0.4, 0.5) is 11.4 Å². The van der Waals surface area contributed by atoms with Crippen molar-refractivity contribution in [1.29, 1.82) is 0 Å². The van der Waals surface area contributed by atoms with E-state index in [-0.39, 0.29) is 5.91 Å². The van der Waals surface area contributed by atoms with Gasteiger partial charge in [0, 0.05) is 8.95 Å². The van der Waals surface area contributed by atoms with Crippen LogP contribution in [0.2, 0.25) is 0 Å². The highest BCUT2D eigenvalue weighted by atomic mass is 79.9. The summed E-state index contributed by atoms with van der Waals surface area (Å²) < 4.78 is 1.73. The van der Waals surface area contributed by atoms with E-state index in [1.807, 2.05) is 12.1 Å². The molecule has 1 heterocycles. The number of anilines is 2. The smallest absolute Gasteiger partial charge is 0.257 e. The number of carbonyl (C=O) groups is 1. The molecule has 98 valence electrons. The third-order valence-electron chi connectivity index (χ3n) is 2.53. The van der Waals surface area contributed by atoms with Crippen LogP contribution in [0, 0.1) is 6.92 Å². The molecule has 0 saturated carbocycles. The van der Waals surface area contributed by atoms with Gasteiger partial charge in [0.15, 0.2) is 0 Å². The summed E-state index contributed by atoms with van der Waals surface area (Å²) in [5, 5.41) is 2.82. The molecule has 0 spiro atoms. The maximum Gasteiger partial charge on any atom is 0.257 e. The van der Waals surface area contributed by atoms with E-state index in [1.165, 1.54) is 6.20 Å². The van der Waals surface area contributed by atoms with Gasteiger partial charge in [-0.3, -0.25) is 9.78 Å². The number of aryl methyl sites for hydroxylation is 1. The Morgan fingerprint density at radius 3 is 2.74 bits per heavy atom. The molecule has 0 aliphatic carbocycles. The van der Waals surface area contributed by atoms with Crippen molar-refractivity contribution < 1.29 is 4.79 Å². The van der Waals surface area contributed by atoms with E-state index in [0.717, 1.165) is 8.95 Å². The molecule has 0 fully saturated rings. The SMILES string of the molecule is Cc1ncc(N)cc1C(=O)Nc1ccc(Br)cc1Br. The number of aromatic nitrogens is 1. The topological polar surface area (TPSA) is 68.0 Å². The molecule has 1 aromatic carbocycles. The van der Waals surface area contributed by atoms with Crippen molar-refractivity contribution in [3.63, 3.8) is 0 Å². The lowest BCUT2D eigenvalue weighted by Crippen LogP contribution is -2.14. The number of hydrogen-bond donors (Lipinski definition) is 2. The van der Waals surface area contributed by atoms with E-state index in [0.29, 0.717) is 22.6 Å². The van der Waals surface area contributed by atoms with Gasteiger partial charge in [0.1, 0.15) is 0 Å². The Hall–Kier alpha value is -1.40. The standard InChI is InChI=1S/C13H11Br2N3O/c1-7-10(5-9(16)6-17-7)13(19)18-12-3-2-8(14)4-11(12)15/h2-6H,16H2,1H3,(H,18,19). The quantitative estimate of drug-likeness (QED) is 0.828. The summed E-state index contributed by atoms with van der Waals surface area (Å²) in [5.74, 6) is -0.236. The van der Waals surface area contributed by atoms with Crippen LogP contribution in [-0.4, -0.2) is 10.9 Å². The van der Waals surface area contributed by atoms with E-state index in [4.69, 9.17) is 5.73 Å². The van der Waals surface area contributed by atoms with Crippen molar-refractivity contribution in [2.75, 3.05) is 11.1 Å². The first-order chi connectivity index (χ1) is 8.97. The molecule has 3 N–H and O–H groups in total. The van der Waals surface area contributed by atoms with Gasteiger partial charge >= 0.3 is 0 Å². The summed E-state index contributed by atoms with van der Waals surface area (Å²) in [6, 6.07) is 7.14. The number of nitrogens with zero attached hydrogens (tertiary/aromatic N) is 1. The average molecular weight is 385 g/mol. The molecule has 0 aliphatic rings. The number of hydrogen-bond acceptors (Lipinski definition) is 3. The minimum atomic E-state index is -0.236. The van der Waals surface area contributed by atoms with Crippen LogP contribution in [0.25, 0.3) is 0 Å². The molecule has 2 rings (SSSR count). The van der Waals surface area contributed by atoms with E-state index in [1.54, 1.807) is 19.1 Å². The number of nitrogens with two attached hydrogens (primary N) is 1. The molecule has 1 aromatic heterocycles. The molecule has 1 amide bonds. The Kier molecular flexibility index (Phi) is 4.21. The second-order valence-electron chi connectivity index (χ2n) is 3.98. The first-order valence-corrected chi connectivity index (χ1v) is 7.04. The van der Waals surface area contributed by atoms with Gasteiger partial charge in [-0.05, 0) is 47.1 Å². The highest BCUT2D eigenvalue weighted by Crippen LogP contribution is 2.26. The van der Waals surface area contributed by atoms with Gasteiger partial charge in [0.2, 0.25) is 0 Å². The van der Waals surface area contributed by atoms with Gasteiger partial charge < -0.3 is 11.1 Å². The molecule has 6 heteroatoms. The number of carbonyl (C=O) groups excluding carboxylic acids is 1. The first kappa shape index (κ1) is 14.0. The van der Waals surface area contributed by atoms with E-state index >= 15 is 0 Å². The Morgan fingerprint density at radius 2 is 2.05 bits per heavy atom. The molecule has 2 aromatic rings. The van der Waals surface area contributed by atoms with Crippen LogP contribution in [0.5, 0.6) is 0 Å².